The van der Waals surface area contributed by atoms with E-state index in [4.69, 9.17) is 11.1 Å². The molecule has 0 amide bonds. The highest BCUT2D eigenvalue weighted by Gasteiger charge is 2.22. The minimum atomic E-state index is -0.849. The van der Waals surface area contributed by atoms with Gasteiger partial charge in [-0.05, 0) is 30.2 Å². The van der Waals surface area contributed by atoms with Gasteiger partial charge in [0.25, 0.3) is 0 Å². The van der Waals surface area contributed by atoms with Crippen LogP contribution >= 0.6 is 0 Å². The van der Waals surface area contributed by atoms with Crippen LogP contribution in [0.3, 0.4) is 0 Å². The third-order valence-corrected chi connectivity index (χ3v) is 5.44. The number of benzene rings is 1. The Labute approximate surface area is 140 Å². The summed E-state index contributed by atoms with van der Waals surface area (Å²) in [7, 11) is -0.849. The van der Waals surface area contributed by atoms with Gasteiger partial charge in [0.1, 0.15) is 17.8 Å². The Hall–Kier alpha value is -2.74. The topological polar surface area (TPSA) is 121 Å². The van der Waals surface area contributed by atoms with Crippen molar-refractivity contribution in [3.05, 3.63) is 41.3 Å². The highest BCUT2D eigenvalue weighted by Crippen LogP contribution is 2.32. The number of fused-ring (bicyclic) bond motifs is 3. The van der Waals surface area contributed by atoms with Gasteiger partial charge in [-0.3, -0.25) is 4.21 Å². The van der Waals surface area contributed by atoms with Crippen molar-refractivity contribution >= 4 is 45.2 Å². The first-order chi connectivity index (χ1) is 11.7. The average molecular weight is 340 g/mol. The number of H-pyrrole nitrogens is 1. The Balaban J connectivity index is 1.81. The van der Waals surface area contributed by atoms with E-state index in [0.29, 0.717) is 28.6 Å². The van der Waals surface area contributed by atoms with Crippen molar-refractivity contribution < 1.29 is 4.21 Å². The molecular weight excluding hydrogens is 324 g/mol. The van der Waals surface area contributed by atoms with Crippen LogP contribution in [0.1, 0.15) is 16.8 Å². The van der Waals surface area contributed by atoms with Gasteiger partial charge in [0.2, 0.25) is 0 Å². The second-order valence-corrected chi connectivity index (χ2v) is 7.26. The third-order valence-electron chi connectivity index (χ3n) is 4.17. The van der Waals surface area contributed by atoms with Crippen LogP contribution < -0.4 is 11.1 Å². The Morgan fingerprint density at radius 3 is 3.08 bits per heavy atom. The number of anilines is 3. The maximum atomic E-state index is 12.0. The lowest BCUT2D eigenvalue weighted by Gasteiger charge is -2.13. The summed E-state index contributed by atoms with van der Waals surface area (Å²) in [6, 6.07) is 5.39. The molecule has 0 fully saturated rings. The van der Waals surface area contributed by atoms with Gasteiger partial charge in [0, 0.05) is 45.4 Å². The molecule has 8 heteroatoms. The van der Waals surface area contributed by atoms with Crippen molar-refractivity contribution in [3.8, 4) is 0 Å². The lowest BCUT2D eigenvalue weighted by atomic mass is 10.1. The molecule has 1 unspecified atom stereocenters. The fourth-order valence-corrected chi connectivity index (χ4v) is 4.18. The van der Waals surface area contributed by atoms with E-state index in [9.17, 15) is 4.21 Å². The van der Waals surface area contributed by atoms with Crippen molar-refractivity contribution in [1.29, 1.82) is 5.41 Å². The minimum Gasteiger partial charge on any atom is -0.398 e. The van der Waals surface area contributed by atoms with Gasteiger partial charge in [-0.1, -0.05) is 0 Å². The molecule has 24 heavy (non-hydrogen) atoms. The maximum absolute atomic E-state index is 12.0. The first-order valence-corrected chi connectivity index (χ1v) is 9.01. The van der Waals surface area contributed by atoms with E-state index < -0.39 is 10.8 Å². The quantitative estimate of drug-likeness (QED) is 0.430. The van der Waals surface area contributed by atoms with E-state index in [1.807, 2.05) is 6.07 Å². The zero-order valence-corrected chi connectivity index (χ0v) is 13.6. The molecule has 4 rings (SSSR count). The van der Waals surface area contributed by atoms with Crippen molar-refractivity contribution in [1.82, 2.24) is 15.0 Å². The molecule has 0 radical (unpaired) electrons. The van der Waals surface area contributed by atoms with E-state index in [1.54, 1.807) is 12.1 Å². The normalized spacial score (nSPS) is 16.8. The van der Waals surface area contributed by atoms with Gasteiger partial charge in [-0.25, -0.2) is 9.97 Å². The molecule has 0 bridgehead atoms. The van der Waals surface area contributed by atoms with Crippen LogP contribution in [0.5, 0.6) is 0 Å². The number of nitrogens with two attached hydrogens (primary N) is 1. The summed E-state index contributed by atoms with van der Waals surface area (Å²) in [5.41, 5.74) is 10.7. The molecule has 1 atom stereocenters. The van der Waals surface area contributed by atoms with Crippen LogP contribution in [-0.2, 0) is 23.0 Å². The number of rotatable bonds is 3. The van der Waals surface area contributed by atoms with Crippen LogP contribution in [0.15, 0.2) is 24.5 Å². The van der Waals surface area contributed by atoms with E-state index in [0.717, 1.165) is 34.4 Å². The Bertz CT molecular complexity index is 980. The summed E-state index contributed by atoms with van der Waals surface area (Å²) in [6.45, 7) is 0. The van der Waals surface area contributed by atoms with Crippen LogP contribution in [0.4, 0.5) is 17.2 Å². The molecule has 3 heterocycles. The molecule has 1 aliphatic heterocycles. The van der Waals surface area contributed by atoms with E-state index >= 15 is 0 Å². The molecule has 122 valence electrons. The highest BCUT2D eigenvalue weighted by atomic mass is 32.2. The number of aryl methyl sites for hydroxylation is 1. The molecule has 7 nitrogen and oxygen atoms in total. The molecule has 0 spiro atoms. The van der Waals surface area contributed by atoms with Gasteiger partial charge < -0.3 is 21.4 Å². The number of aromatic nitrogens is 3. The Morgan fingerprint density at radius 1 is 1.38 bits per heavy atom. The minimum absolute atomic E-state index is 0.519. The molecule has 5 N–H and O–H groups in total. The number of hydrogen-bond donors (Lipinski definition) is 4. The molecular formula is C16H16N6OS. The first-order valence-electron chi connectivity index (χ1n) is 7.52. The van der Waals surface area contributed by atoms with Crippen molar-refractivity contribution in [3.63, 3.8) is 0 Å². The van der Waals surface area contributed by atoms with Gasteiger partial charge in [0.15, 0.2) is 0 Å². The third kappa shape index (κ3) is 2.44. The maximum Gasteiger partial charge on any atom is 0.143 e. The molecule has 3 aromatic rings. The smallest absolute Gasteiger partial charge is 0.143 e. The zero-order valence-electron chi connectivity index (χ0n) is 12.8. The summed E-state index contributed by atoms with van der Waals surface area (Å²) in [6.07, 6.45) is 3.48. The van der Waals surface area contributed by atoms with E-state index in [1.165, 1.54) is 12.5 Å². The Morgan fingerprint density at radius 2 is 2.25 bits per heavy atom. The molecule has 0 saturated carbocycles. The van der Waals surface area contributed by atoms with Crippen LogP contribution in [0.25, 0.3) is 11.0 Å². The summed E-state index contributed by atoms with van der Waals surface area (Å²) in [5.74, 6) is 1.86. The van der Waals surface area contributed by atoms with Gasteiger partial charge in [0.05, 0.1) is 11.1 Å². The average Bonchev–Trinajstić information content (AvgIpc) is 2.95. The monoisotopic (exact) mass is 340 g/mol. The predicted molar refractivity (Wildman–Crippen MR) is 96.3 cm³/mol. The number of hydrogen-bond acceptors (Lipinski definition) is 6. The van der Waals surface area contributed by atoms with Gasteiger partial charge in [-0.2, -0.15) is 0 Å². The molecule has 0 aliphatic carbocycles. The summed E-state index contributed by atoms with van der Waals surface area (Å²) < 4.78 is 12.0. The number of nitrogen functional groups attached to an aromatic ring is 1. The number of nitrogens with one attached hydrogen (secondary N) is 3. The molecule has 1 aliphatic rings. The molecule has 2 aromatic heterocycles. The number of nitrogens with zero attached hydrogens (tertiary/aromatic N) is 2. The van der Waals surface area contributed by atoms with E-state index in [2.05, 4.69) is 20.3 Å². The zero-order chi connectivity index (χ0) is 16.7. The first kappa shape index (κ1) is 14.8. The predicted octanol–water partition coefficient (Wildman–Crippen LogP) is 2.09. The summed E-state index contributed by atoms with van der Waals surface area (Å²) in [4.78, 5) is 12.0. The highest BCUT2D eigenvalue weighted by molar-refractivity contribution is 7.84. The number of aromatic amines is 1. The van der Waals surface area contributed by atoms with Crippen LogP contribution in [0, 0.1) is 5.41 Å². The fourth-order valence-electron chi connectivity index (χ4n) is 2.97. The van der Waals surface area contributed by atoms with Gasteiger partial charge in [-0.15, -0.1) is 0 Å². The van der Waals surface area contributed by atoms with Crippen molar-refractivity contribution in [2.45, 2.75) is 12.2 Å². The second kappa shape index (κ2) is 5.72. The van der Waals surface area contributed by atoms with Gasteiger partial charge >= 0.3 is 0 Å². The largest absolute Gasteiger partial charge is 0.398 e. The van der Waals surface area contributed by atoms with Crippen molar-refractivity contribution in [2.75, 3.05) is 16.8 Å². The van der Waals surface area contributed by atoms with Crippen molar-refractivity contribution in [2.24, 2.45) is 0 Å². The fraction of sp³-hybridized carbons (Fsp3) is 0.188. The summed E-state index contributed by atoms with van der Waals surface area (Å²) in [5, 5.41) is 11.6. The standard InChI is InChI=1S/C16H16N6OS/c17-6-9-5-10(1-2-12(9)18)21-15-14-11-7-24(23)4-3-13(11)22-16(14)20-8-19-15/h1-2,5-6,8,17H,3-4,7,18H2,(H2,19,20,21,22). The van der Waals surface area contributed by atoms with Crippen LogP contribution in [0.2, 0.25) is 0 Å². The Kier molecular flexibility index (Phi) is 3.53. The molecule has 0 saturated heterocycles. The summed E-state index contributed by atoms with van der Waals surface area (Å²) >= 11 is 0. The van der Waals surface area contributed by atoms with Crippen LogP contribution in [-0.4, -0.2) is 31.1 Å². The van der Waals surface area contributed by atoms with E-state index in [-0.39, 0.29) is 0 Å². The molecule has 1 aromatic carbocycles. The lowest BCUT2D eigenvalue weighted by molar-refractivity contribution is 0.679. The second-order valence-electron chi connectivity index (χ2n) is 5.68. The lowest BCUT2D eigenvalue weighted by Crippen LogP contribution is -2.12. The SMILES string of the molecule is N=Cc1cc(Nc2ncnc3[nH]c4c(c23)CS(=O)CC4)ccc1N.